The minimum atomic E-state index is 0.701. The van der Waals surface area contributed by atoms with Crippen molar-refractivity contribution in [2.75, 3.05) is 26.7 Å². The van der Waals surface area contributed by atoms with E-state index in [1.807, 2.05) is 13.2 Å². The molecule has 2 N–H and O–H groups in total. The van der Waals surface area contributed by atoms with E-state index in [2.05, 4.69) is 15.6 Å². The Morgan fingerprint density at radius 3 is 3.29 bits per heavy atom. The molecule has 4 heteroatoms. The van der Waals surface area contributed by atoms with Gasteiger partial charge in [0.25, 0.3) is 0 Å². The van der Waals surface area contributed by atoms with Crippen LogP contribution in [-0.2, 0) is 12.8 Å². The predicted octanol–water partition coefficient (Wildman–Crippen LogP) is 1.37. The van der Waals surface area contributed by atoms with Crippen LogP contribution in [0.25, 0.3) is 0 Å². The second-order valence-electron chi connectivity index (χ2n) is 4.84. The van der Waals surface area contributed by atoms with E-state index in [9.17, 15) is 0 Å². The van der Waals surface area contributed by atoms with E-state index in [0.717, 1.165) is 50.5 Å². The first kappa shape index (κ1) is 12.6. The summed E-state index contributed by atoms with van der Waals surface area (Å²) in [5.41, 5.74) is 0. The topological polar surface area (TPSA) is 50.1 Å². The van der Waals surface area contributed by atoms with E-state index in [1.54, 1.807) is 0 Å². The summed E-state index contributed by atoms with van der Waals surface area (Å²) in [5.74, 6) is 2.64. The van der Waals surface area contributed by atoms with Crippen LogP contribution in [0.15, 0.2) is 10.6 Å². The minimum Gasteiger partial charge on any atom is -0.446 e. The highest BCUT2D eigenvalue weighted by Gasteiger charge is 2.16. The van der Waals surface area contributed by atoms with E-state index in [1.165, 1.54) is 12.8 Å². The number of oxazole rings is 1. The van der Waals surface area contributed by atoms with Gasteiger partial charge in [-0.2, -0.15) is 0 Å². The molecule has 1 aromatic heterocycles. The number of rotatable bonds is 6. The lowest BCUT2D eigenvalue weighted by molar-refractivity contribution is 0.339. The maximum absolute atomic E-state index is 5.77. The number of nitrogens with one attached hydrogen (secondary N) is 2. The van der Waals surface area contributed by atoms with Crippen LogP contribution in [-0.4, -0.2) is 31.7 Å². The summed E-state index contributed by atoms with van der Waals surface area (Å²) in [7, 11) is 1.97. The summed E-state index contributed by atoms with van der Waals surface area (Å²) in [5, 5.41) is 6.57. The molecule has 1 fully saturated rings. The fraction of sp³-hybridized carbons (Fsp3) is 0.769. The lowest BCUT2D eigenvalue weighted by atomic mass is 9.96. The lowest BCUT2D eigenvalue weighted by Gasteiger charge is -2.21. The van der Waals surface area contributed by atoms with E-state index in [0.29, 0.717) is 5.92 Å². The molecular weight excluding hydrogens is 214 g/mol. The molecule has 4 nitrogen and oxygen atoms in total. The molecule has 0 aromatic carbocycles. The first-order chi connectivity index (χ1) is 8.38. The van der Waals surface area contributed by atoms with Crippen LogP contribution in [0.2, 0.25) is 0 Å². The Balaban J connectivity index is 1.76. The Labute approximate surface area is 103 Å². The van der Waals surface area contributed by atoms with Crippen molar-refractivity contribution in [2.45, 2.75) is 32.1 Å². The first-order valence-electron chi connectivity index (χ1n) is 6.67. The summed E-state index contributed by atoms with van der Waals surface area (Å²) >= 11 is 0. The molecule has 17 heavy (non-hydrogen) atoms. The zero-order valence-electron chi connectivity index (χ0n) is 10.7. The van der Waals surface area contributed by atoms with Gasteiger partial charge in [0, 0.05) is 12.8 Å². The third kappa shape index (κ3) is 4.13. The van der Waals surface area contributed by atoms with Crippen molar-refractivity contribution >= 4 is 0 Å². The van der Waals surface area contributed by atoms with Crippen LogP contribution in [0.3, 0.4) is 0 Å². The Kier molecular flexibility index (Phi) is 5.01. The summed E-state index contributed by atoms with van der Waals surface area (Å²) in [6.45, 7) is 3.30. The predicted molar refractivity (Wildman–Crippen MR) is 68.0 cm³/mol. The second-order valence-corrected chi connectivity index (χ2v) is 4.84. The van der Waals surface area contributed by atoms with Gasteiger partial charge in [0.1, 0.15) is 5.76 Å². The van der Waals surface area contributed by atoms with Gasteiger partial charge in [0.2, 0.25) is 0 Å². The minimum absolute atomic E-state index is 0.701. The third-order valence-electron chi connectivity index (χ3n) is 3.31. The van der Waals surface area contributed by atoms with Crippen LogP contribution in [0.5, 0.6) is 0 Å². The highest BCUT2D eigenvalue weighted by Crippen LogP contribution is 2.16. The molecule has 1 unspecified atom stereocenters. The van der Waals surface area contributed by atoms with E-state index in [4.69, 9.17) is 4.42 Å². The third-order valence-corrected chi connectivity index (χ3v) is 3.31. The maximum atomic E-state index is 5.77. The van der Waals surface area contributed by atoms with E-state index in [-0.39, 0.29) is 0 Å². The SMILES string of the molecule is CNCCCc1cnc(CC2CCCNC2)o1. The molecule has 0 bridgehead atoms. The fourth-order valence-corrected chi connectivity index (χ4v) is 2.34. The van der Waals surface area contributed by atoms with Crippen LogP contribution in [0.4, 0.5) is 0 Å². The fourth-order valence-electron chi connectivity index (χ4n) is 2.34. The van der Waals surface area contributed by atoms with Crippen molar-refractivity contribution in [3.63, 3.8) is 0 Å². The number of hydrogen-bond acceptors (Lipinski definition) is 4. The molecule has 1 aliphatic rings. The Morgan fingerprint density at radius 2 is 2.53 bits per heavy atom. The molecule has 1 aliphatic heterocycles. The normalized spacial score (nSPS) is 20.6. The van der Waals surface area contributed by atoms with Crippen LogP contribution in [0, 0.1) is 5.92 Å². The summed E-state index contributed by atoms with van der Waals surface area (Å²) in [6, 6.07) is 0. The first-order valence-corrected chi connectivity index (χ1v) is 6.67. The Hall–Kier alpha value is -0.870. The monoisotopic (exact) mass is 237 g/mol. The molecule has 1 atom stereocenters. The number of aryl methyl sites for hydroxylation is 1. The molecule has 0 spiro atoms. The van der Waals surface area contributed by atoms with Crippen LogP contribution < -0.4 is 10.6 Å². The van der Waals surface area contributed by atoms with Crippen molar-refractivity contribution in [3.05, 3.63) is 17.8 Å². The van der Waals surface area contributed by atoms with Gasteiger partial charge in [-0.05, 0) is 51.9 Å². The number of hydrogen-bond donors (Lipinski definition) is 2. The lowest BCUT2D eigenvalue weighted by Crippen LogP contribution is -2.30. The van der Waals surface area contributed by atoms with Gasteiger partial charge < -0.3 is 15.1 Å². The smallest absolute Gasteiger partial charge is 0.194 e. The summed E-state index contributed by atoms with van der Waals surface area (Å²) < 4.78 is 5.77. The highest BCUT2D eigenvalue weighted by molar-refractivity contribution is 4.96. The van der Waals surface area contributed by atoms with E-state index >= 15 is 0 Å². The van der Waals surface area contributed by atoms with Gasteiger partial charge >= 0.3 is 0 Å². The maximum Gasteiger partial charge on any atom is 0.194 e. The molecular formula is C13H23N3O. The zero-order valence-corrected chi connectivity index (χ0v) is 10.7. The second kappa shape index (κ2) is 6.77. The molecule has 1 aromatic rings. The van der Waals surface area contributed by atoms with Gasteiger partial charge in [-0.1, -0.05) is 0 Å². The molecule has 2 rings (SSSR count). The van der Waals surface area contributed by atoms with Crippen molar-refractivity contribution < 1.29 is 4.42 Å². The average molecular weight is 237 g/mol. The van der Waals surface area contributed by atoms with Crippen molar-refractivity contribution in [2.24, 2.45) is 5.92 Å². The van der Waals surface area contributed by atoms with Gasteiger partial charge in [-0.25, -0.2) is 4.98 Å². The quantitative estimate of drug-likeness (QED) is 0.734. The summed E-state index contributed by atoms with van der Waals surface area (Å²) in [6.07, 6.45) is 7.54. The van der Waals surface area contributed by atoms with Crippen molar-refractivity contribution in [1.29, 1.82) is 0 Å². The molecule has 1 saturated heterocycles. The standard InChI is InChI=1S/C13H23N3O/c1-14-6-3-5-12-10-16-13(17-12)8-11-4-2-7-15-9-11/h10-11,14-15H,2-9H2,1H3. The number of aromatic nitrogens is 1. The molecule has 0 amide bonds. The van der Waals surface area contributed by atoms with Gasteiger partial charge in [0.15, 0.2) is 5.89 Å². The highest BCUT2D eigenvalue weighted by atomic mass is 16.4. The van der Waals surface area contributed by atoms with Gasteiger partial charge in [-0.15, -0.1) is 0 Å². The molecule has 96 valence electrons. The van der Waals surface area contributed by atoms with Gasteiger partial charge in [0.05, 0.1) is 6.20 Å². The average Bonchev–Trinajstić information content (AvgIpc) is 2.79. The molecule has 2 heterocycles. The number of piperidine rings is 1. The van der Waals surface area contributed by atoms with Gasteiger partial charge in [-0.3, -0.25) is 0 Å². The van der Waals surface area contributed by atoms with Crippen LogP contribution in [0.1, 0.15) is 30.9 Å². The molecule has 0 saturated carbocycles. The summed E-state index contributed by atoms with van der Waals surface area (Å²) in [4.78, 5) is 4.37. The largest absolute Gasteiger partial charge is 0.446 e. The van der Waals surface area contributed by atoms with Crippen molar-refractivity contribution in [3.8, 4) is 0 Å². The zero-order chi connectivity index (χ0) is 11.9. The van der Waals surface area contributed by atoms with Crippen molar-refractivity contribution in [1.82, 2.24) is 15.6 Å². The Morgan fingerprint density at radius 1 is 1.59 bits per heavy atom. The number of nitrogens with zero attached hydrogens (tertiary/aromatic N) is 1. The molecule has 0 aliphatic carbocycles. The molecule has 0 radical (unpaired) electrons. The van der Waals surface area contributed by atoms with Crippen LogP contribution >= 0.6 is 0 Å². The van der Waals surface area contributed by atoms with E-state index < -0.39 is 0 Å². The Bertz CT molecular complexity index is 318.